The second-order valence-electron chi connectivity index (χ2n) is 8.21. The third-order valence-electron chi connectivity index (χ3n) is 6.01. The molecule has 2 aromatic heterocycles. The fraction of sp³-hybridized carbons (Fsp3) is 0. The van der Waals surface area contributed by atoms with Gasteiger partial charge in [0.25, 0.3) is 10.1 Å². The Balaban J connectivity index is 0.00000280. The SMILES string of the molecule is Nc1c(N=Nc2ccc(-c3cccc4c3sc3ccccc34)nc2)cc(S(=O)(=O)O)c2ccccc12.[KH]. The number of fused-ring (bicyclic) bond motifs is 4. The number of nitrogens with two attached hydrogens (primary N) is 1. The van der Waals surface area contributed by atoms with Gasteiger partial charge in [0.2, 0.25) is 0 Å². The molecule has 0 aliphatic rings. The molecule has 0 unspecified atom stereocenters. The topological polar surface area (TPSA) is 118 Å². The molecule has 0 saturated heterocycles. The molecular weight excluding hydrogens is 532 g/mol. The average Bonchev–Trinajstić information content (AvgIpc) is 3.27. The van der Waals surface area contributed by atoms with E-state index in [-0.39, 0.29) is 67.7 Å². The van der Waals surface area contributed by atoms with Gasteiger partial charge in [-0.25, -0.2) is 0 Å². The van der Waals surface area contributed by atoms with Crippen molar-refractivity contribution in [2.45, 2.75) is 4.90 Å². The number of thiophene rings is 1. The number of benzene rings is 4. The van der Waals surface area contributed by atoms with E-state index in [2.05, 4.69) is 33.4 Å². The number of hydrogen-bond acceptors (Lipinski definition) is 7. The maximum absolute atomic E-state index is 11.9. The number of anilines is 1. The van der Waals surface area contributed by atoms with Crippen LogP contribution in [0.1, 0.15) is 0 Å². The first-order chi connectivity index (χ1) is 17.4. The Morgan fingerprint density at radius 3 is 2.24 bits per heavy atom. The summed E-state index contributed by atoms with van der Waals surface area (Å²) < 4.78 is 36.0. The number of nitrogen functional groups attached to an aromatic ring is 1. The molecule has 0 atom stereocenters. The number of aromatic nitrogens is 1. The van der Waals surface area contributed by atoms with Gasteiger partial charge in [0.05, 0.1) is 17.6 Å². The van der Waals surface area contributed by atoms with Gasteiger partial charge in [-0.15, -0.1) is 21.6 Å². The molecule has 0 aliphatic heterocycles. The van der Waals surface area contributed by atoms with Gasteiger partial charge in [-0.2, -0.15) is 8.42 Å². The monoisotopic (exact) mass is 550 g/mol. The Bertz CT molecular complexity index is 1940. The summed E-state index contributed by atoms with van der Waals surface area (Å²) in [4.78, 5) is 4.32. The van der Waals surface area contributed by atoms with Crippen LogP contribution in [0.2, 0.25) is 0 Å². The fourth-order valence-electron chi connectivity index (χ4n) is 4.31. The molecule has 4 aromatic carbocycles. The third kappa shape index (κ3) is 4.87. The second-order valence-corrected chi connectivity index (χ2v) is 10.7. The molecule has 7 nitrogen and oxygen atoms in total. The zero-order chi connectivity index (χ0) is 24.9. The summed E-state index contributed by atoms with van der Waals surface area (Å²) in [6.45, 7) is 0. The number of azo groups is 1. The van der Waals surface area contributed by atoms with Crippen LogP contribution in [0.15, 0.2) is 106 Å². The van der Waals surface area contributed by atoms with Crippen molar-refractivity contribution in [1.82, 2.24) is 4.98 Å². The first-order valence-electron chi connectivity index (χ1n) is 11.0. The maximum atomic E-state index is 11.9. The Morgan fingerprint density at radius 2 is 1.51 bits per heavy atom. The van der Waals surface area contributed by atoms with Crippen LogP contribution < -0.4 is 5.73 Å². The van der Waals surface area contributed by atoms with E-state index in [0.717, 1.165) is 11.3 Å². The van der Waals surface area contributed by atoms with Gasteiger partial charge in [0.1, 0.15) is 16.3 Å². The van der Waals surface area contributed by atoms with E-state index < -0.39 is 10.1 Å². The molecule has 0 spiro atoms. The molecular formula is C27H19KN4O3S2. The van der Waals surface area contributed by atoms with Crippen molar-refractivity contribution in [3.05, 3.63) is 91.1 Å². The summed E-state index contributed by atoms with van der Waals surface area (Å²) in [5.74, 6) is 0. The molecule has 10 heteroatoms. The van der Waals surface area contributed by atoms with Crippen LogP contribution in [0.3, 0.4) is 0 Å². The zero-order valence-electron chi connectivity index (χ0n) is 18.7. The van der Waals surface area contributed by atoms with Gasteiger partial charge in [-0.3, -0.25) is 9.54 Å². The van der Waals surface area contributed by atoms with Crippen molar-refractivity contribution in [3.8, 4) is 11.3 Å². The predicted octanol–water partition coefficient (Wildman–Crippen LogP) is 6.87. The molecule has 3 N–H and O–H groups in total. The van der Waals surface area contributed by atoms with Gasteiger partial charge in [0.15, 0.2) is 0 Å². The van der Waals surface area contributed by atoms with Gasteiger partial charge >= 0.3 is 51.4 Å². The normalized spacial score (nSPS) is 11.9. The van der Waals surface area contributed by atoms with E-state index in [4.69, 9.17) is 5.73 Å². The summed E-state index contributed by atoms with van der Waals surface area (Å²) in [5.41, 5.74) is 8.96. The summed E-state index contributed by atoms with van der Waals surface area (Å²) in [6.07, 6.45) is 1.60. The molecule has 0 aliphatic carbocycles. The molecule has 0 radical (unpaired) electrons. The number of pyridine rings is 1. The average molecular weight is 551 g/mol. The number of rotatable bonds is 4. The van der Waals surface area contributed by atoms with Crippen molar-refractivity contribution in [1.29, 1.82) is 0 Å². The molecule has 6 rings (SSSR count). The Kier molecular flexibility index (Phi) is 7.27. The van der Waals surface area contributed by atoms with Crippen LogP contribution in [0.4, 0.5) is 17.1 Å². The van der Waals surface area contributed by atoms with Crippen LogP contribution in [0.25, 0.3) is 42.2 Å². The molecule has 2 heterocycles. The van der Waals surface area contributed by atoms with E-state index >= 15 is 0 Å². The van der Waals surface area contributed by atoms with Gasteiger partial charge < -0.3 is 5.73 Å². The Hall–Kier alpha value is -2.54. The molecule has 0 amide bonds. The van der Waals surface area contributed by atoms with Gasteiger partial charge in [-0.1, -0.05) is 60.7 Å². The molecule has 6 aromatic rings. The van der Waals surface area contributed by atoms with E-state index in [1.807, 2.05) is 30.3 Å². The van der Waals surface area contributed by atoms with Crippen molar-refractivity contribution >= 4 is 121 Å². The third-order valence-corrected chi connectivity index (χ3v) is 8.12. The van der Waals surface area contributed by atoms with Crippen LogP contribution in [-0.4, -0.2) is 69.3 Å². The quantitative estimate of drug-likeness (QED) is 0.108. The zero-order valence-corrected chi connectivity index (χ0v) is 20.3. The molecule has 0 bridgehead atoms. The summed E-state index contributed by atoms with van der Waals surface area (Å²) >= 11 is 1.74. The van der Waals surface area contributed by atoms with Crippen LogP contribution in [0.5, 0.6) is 0 Å². The van der Waals surface area contributed by atoms with Crippen LogP contribution in [0, 0.1) is 0 Å². The van der Waals surface area contributed by atoms with Crippen molar-refractivity contribution in [3.63, 3.8) is 0 Å². The number of hydrogen-bond donors (Lipinski definition) is 2. The minimum absolute atomic E-state index is 0. The first kappa shape index (κ1) is 26.1. The van der Waals surface area contributed by atoms with E-state index in [9.17, 15) is 13.0 Å². The standard InChI is InChI=1S/C27H18N4O3S2.K.H/c28-26-19-8-2-1-7-18(19)25(36(32,33)34)14-23(26)31-30-16-12-13-22(29-15-16)21-10-5-9-20-17-6-3-4-11-24(17)35-27(20)21;;/h1-15H,28H2,(H,32,33,34);;. The summed E-state index contributed by atoms with van der Waals surface area (Å²) in [6, 6.07) is 26.1. The molecule has 178 valence electrons. The fourth-order valence-corrected chi connectivity index (χ4v) is 6.25. The van der Waals surface area contributed by atoms with Crippen LogP contribution in [-0.2, 0) is 10.1 Å². The minimum atomic E-state index is -4.48. The first-order valence-corrected chi connectivity index (χ1v) is 13.2. The van der Waals surface area contributed by atoms with Gasteiger partial charge in [0, 0.05) is 36.5 Å². The van der Waals surface area contributed by atoms with Gasteiger partial charge in [-0.05, 0) is 24.3 Å². The molecule has 0 saturated carbocycles. The van der Waals surface area contributed by atoms with E-state index in [1.165, 1.54) is 26.2 Å². The van der Waals surface area contributed by atoms with Crippen molar-refractivity contribution in [2.24, 2.45) is 10.2 Å². The predicted molar refractivity (Wildman–Crippen MR) is 152 cm³/mol. The second kappa shape index (κ2) is 10.3. The van der Waals surface area contributed by atoms with E-state index in [0.29, 0.717) is 16.5 Å². The Labute approximate surface area is 259 Å². The van der Waals surface area contributed by atoms with Crippen molar-refractivity contribution in [2.75, 3.05) is 5.73 Å². The van der Waals surface area contributed by atoms with Crippen LogP contribution >= 0.6 is 11.3 Å². The van der Waals surface area contributed by atoms with Crippen molar-refractivity contribution < 1.29 is 13.0 Å². The Morgan fingerprint density at radius 1 is 0.811 bits per heavy atom. The molecule has 0 fully saturated rings. The number of nitrogens with zero attached hydrogens (tertiary/aromatic N) is 3. The molecule has 37 heavy (non-hydrogen) atoms. The van der Waals surface area contributed by atoms with E-state index in [1.54, 1.807) is 47.9 Å². The summed E-state index contributed by atoms with van der Waals surface area (Å²) in [5, 5.41) is 11.6. The summed E-state index contributed by atoms with van der Waals surface area (Å²) in [7, 11) is -4.48.